The van der Waals surface area contributed by atoms with E-state index in [0.717, 1.165) is 6.07 Å². The molecule has 2 N–H and O–H groups in total. The molecule has 0 aliphatic heterocycles. The molecule has 128 valence electrons. The normalized spacial score (nSPS) is 10.6. The van der Waals surface area contributed by atoms with Crippen LogP contribution in [0.3, 0.4) is 0 Å². The highest BCUT2D eigenvalue weighted by atomic mass is 35.5. The van der Waals surface area contributed by atoms with E-state index in [4.69, 9.17) is 25.5 Å². The molecular formula is C16H11ClN2O6. The number of amides is 1. The summed E-state index contributed by atoms with van der Waals surface area (Å²) in [6.45, 7) is -0.228. The lowest BCUT2D eigenvalue weighted by molar-refractivity contribution is -0.402. The van der Waals surface area contributed by atoms with Crippen molar-refractivity contribution in [1.29, 1.82) is 0 Å². The fourth-order valence-electron chi connectivity index (χ4n) is 2.12. The number of furan rings is 2. The third kappa shape index (κ3) is 3.54. The van der Waals surface area contributed by atoms with Crippen molar-refractivity contribution in [3.8, 4) is 11.3 Å². The summed E-state index contributed by atoms with van der Waals surface area (Å²) >= 11 is 6.08. The van der Waals surface area contributed by atoms with Gasteiger partial charge in [-0.3, -0.25) is 14.9 Å². The SMILES string of the molecule is O=C(Nc1cc(-c2ccc(CO)o2)ccc1Cl)c1ccc([N+](=O)[O-])o1. The van der Waals surface area contributed by atoms with Crippen molar-refractivity contribution in [1.82, 2.24) is 0 Å². The molecule has 0 unspecified atom stereocenters. The van der Waals surface area contributed by atoms with E-state index in [0.29, 0.717) is 17.1 Å². The molecule has 0 spiro atoms. The monoisotopic (exact) mass is 362 g/mol. The van der Waals surface area contributed by atoms with Crippen molar-refractivity contribution < 1.29 is 23.7 Å². The summed E-state index contributed by atoms with van der Waals surface area (Å²) in [5, 5.41) is 22.5. The molecule has 0 atom stereocenters. The molecule has 3 aromatic rings. The fourth-order valence-corrected chi connectivity index (χ4v) is 2.29. The van der Waals surface area contributed by atoms with Crippen LogP contribution in [-0.2, 0) is 6.61 Å². The zero-order valence-electron chi connectivity index (χ0n) is 12.6. The molecule has 0 fully saturated rings. The van der Waals surface area contributed by atoms with Crippen LogP contribution in [0.25, 0.3) is 11.3 Å². The largest absolute Gasteiger partial charge is 0.459 e. The zero-order chi connectivity index (χ0) is 18.0. The molecule has 0 aliphatic carbocycles. The molecule has 9 heteroatoms. The lowest BCUT2D eigenvalue weighted by Crippen LogP contribution is -2.11. The minimum Gasteiger partial charge on any atom is -0.459 e. The number of hydrogen-bond donors (Lipinski definition) is 2. The molecule has 3 rings (SSSR count). The number of carbonyl (C=O) groups excluding carboxylic acids is 1. The molecule has 25 heavy (non-hydrogen) atoms. The quantitative estimate of drug-likeness (QED) is 0.525. The lowest BCUT2D eigenvalue weighted by atomic mass is 10.1. The van der Waals surface area contributed by atoms with Crippen LogP contribution in [0.15, 0.2) is 51.3 Å². The highest BCUT2D eigenvalue weighted by Gasteiger charge is 2.18. The third-order valence-corrected chi connectivity index (χ3v) is 3.64. The van der Waals surface area contributed by atoms with E-state index in [1.807, 2.05) is 0 Å². The standard InChI is InChI=1S/C16H11ClN2O6/c17-11-3-1-9(13-4-2-10(8-20)24-13)7-12(11)18-16(21)14-5-6-15(25-14)19(22)23/h1-7,20H,8H2,(H,18,21). The van der Waals surface area contributed by atoms with Crippen LogP contribution in [0.2, 0.25) is 5.02 Å². The van der Waals surface area contributed by atoms with E-state index in [-0.39, 0.29) is 23.1 Å². The maximum absolute atomic E-state index is 12.2. The highest BCUT2D eigenvalue weighted by molar-refractivity contribution is 6.34. The number of anilines is 1. The van der Waals surface area contributed by atoms with Crippen LogP contribution in [0.5, 0.6) is 0 Å². The van der Waals surface area contributed by atoms with Gasteiger partial charge >= 0.3 is 5.88 Å². The molecule has 8 nitrogen and oxygen atoms in total. The van der Waals surface area contributed by atoms with Gasteiger partial charge in [-0.05, 0) is 36.4 Å². The highest BCUT2D eigenvalue weighted by Crippen LogP contribution is 2.30. The predicted molar refractivity (Wildman–Crippen MR) is 88.4 cm³/mol. The van der Waals surface area contributed by atoms with Gasteiger partial charge in [0, 0.05) is 5.56 Å². The van der Waals surface area contributed by atoms with E-state index < -0.39 is 16.7 Å². The summed E-state index contributed by atoms with van der Waals surface area (Å²) in [7, 11) is 0. The Labute approximate surface area is 145 Å². The van der Waals surface area contributed by atoms with Crippen LogP contribution >= 0.6 is 11.6 Å². The maximum Gasteiger partial charge on any atom is 0.433 e. The molecule has 1 aromatic carbocycles. The second-order valence-electron chi connectivity index (χ2n) is 4.97. The number of aliphatic hydroxyl groups excluding tert-OH is 1. The van der Waals surface area contributed by atoms with Crippen molar-refractivity contribution in [2.45, 2.75) is 6.61 Å². The van der Waals surface area contributed by atoms with Crippen LogP contribution < -0.4 is 5.32 Å². The lowest BCUT2D eigenvalue weighted by Gasteiger charge is -2.07. The van der Waals surface area contributed by atoms with Crippen LogP contribution in [0.1, 0.15) is 16.3 Å². The first-order valence-corrected chi connectivity index (χ1v) is 7.41. The van der Waals surface area contributed by atoms with Crippen LogP contribution in [-0.4, -0.2) is 15.9 Å². The molecule has 2 aromatic heterocycles. The molecule has 0 saturated carbocycles. The zero-order valence-corrected chi connectivity index (χ0v) is 13.3. The number of hydrogen-bond acceptors (Lipinski definition) is 6. The van der Waals surface area contributed by atoms with Crippen molar-refractivity contribution in [3.05, 3.63) is 69.1 Å². The minimum absolute atomic E-state index is 0.214. The van der Waals surface area contributed by atoms with Gasteiger partial charge in [0.2, 0.25) is 0 Å². The van der Waals surface area contributed by atoms with E-state index in [1.165, 1.54) is 6.07 Å². The Morgan fingerprint density at radius 1 is 1.20 bits per heavy atom. The van der Waals surface area contributed by atoms with Gasteiger partial charge in [-0.1, -0.05) is 11.6 Å². The number of carbonyl (C=O) groups is 1. The number of nitrogens with one attached hydrogen (secondary N) is 1. The number of benzene rings is 1. The first kappa shape index (κ1) is 16.7. The van der Waals surface area contributed by atoms with Crippen LogP contribution in [0, 0.1) is 10.1 Å². The van der Waals surface area contributed by atoms with Gasteiger partial charge in [0.25, 0.3) is 5.91 Å². The molecule has 0 saturated heterocycles. The minimum atomic E-state index is -0.736. The second-order valence-corrected chi connectivity index (χ2v) is 5.38. The summed E-state index contributed by atoms with van der Waals surface area (Å²) in [4.78, 5) is 22.0. The van der Waals surface area contributed by atoms with Crippen molar-refractivity contribution in [3.63, 3.8) is 0 Å². The smallest absolute Gasteiger partial charge is 0.433 e. The predicted octanol–water partition coefficient (Wildman–Crippen LogP) is 3.85. The van der Waals surface area contributed by atoms with Crippen LogP contribution in [0.4, 0.5) is 11.6 Å². The van der Waals surface area contributed by atoms with Gasteiger partial charge in [-0.25, -0.2) is 0 Å². The van der Waals surface area contributed by atoms with Gasteiger partial charge in [0.05, 0.1) is 16.8 Å². The van der Waals surface area contributed by atoms with Crippen molar-refractivity contribution >= 4 is 29.1 Å². The summed E-state index contributed by atoms with van der Waals surface area (Å²) in [5.74, 6) is -0.531. The van der Waals surface area contributed by atoms with Crippen molar-refractivity contribution in [2.75, 3.05) is 5.32 Å². The van der Waals surface area contributed by atoms with Gasteiger partial charge in [-0.2, -0.15) is 0 Å². The van der Waals surface area contributed by atoms with Gasteiger partial charge < -0.3 is 19.3 Å². The van der Waals surface area contributed by atoms with E-state index >= 15 is 0 Å². The summed E-state index contributed by atoms with van der Waals surface area (Å²) in [5.41, 5.74) is 0.912. The third-order valence-electron chi connectivity index (χ3n) is 3.31. The first-order chi connectivity index (χ1) is 12.0. The fraction of sp³-hybridized carbons (Fsp3) is 0.0625. The summed E-state index contributed by atoms with van der Waals surface area (Å²) < 4.78 is 10.3. The number of nitrogens with zero attached hydrogens (tertiary/aromatic N) is 1. The Balaban J connectivity index is 1.84. The van der Waals surface area contributed by atoms with Gasteiger partial charge in [0.15, 0.2) is 5.76 Å². The Kier molecular flexibility index (Phi) is 4.55. The molecular weight excluding hydrogens is 352 g/mol. The first-order valence-electron chi connectivity index (χ1n) is 7.03. The summed E-state index contributed by atoms with van der Waals surface area (Å²) in [6, 6.07) is 10.4. The Morgan fingerprint density at radius 3 is 2.64 bits per heavy atom. The molecule has 0 bridgehead atoms. The van der Waals surface area contributed by atoms with E-state index in [2.05, 4.69) is 5.32 Å². The van der Waals surface area contributed by atoms with Gasteiger partial charge in [-0.15, -0.1) is 0 Å². The average Bonchev–Trinajstić information content (AvgIpc) is 3.26. The molecule has 1 amide bonds. The summed E-state index contributed by atoms with van der Waals surface area (Å²) in [6.07, 6.45) is 0. The maximum atomic E-state index is 12.2. The van der Waals surface area contributed by atoms with Gasteiger partial charge in [0.1, 0.15) is 23.1 Å². The molecule has 2 heterocycles. The van der Waals surface area contributed by atoms with E-state index in [1.54, 1.807) is 30.3 Å². The van der Waals surface area contributed by atoms with E-state index in [9.17, 15) is 14.9 Å². The number of halogens is 1. The van der Waals surface area contributed by atoms with Crippen molar-refractivity contribution in [2.24, 2.45) is 0 Å². The number of nitro groups is 1. The topological polar surface area (TPSA) is 119 Å². The average molecular weight is 363 g/mol. The Morgan fingerprint density at radius 2 is 2.00 bits per heavy atom. The number of aliphatic hydroxyl groups is 1. The Hall–Kier alpha value is -3.10. The molecule has 0 radical (unpaired) electrons. The molecule has 0 aliphatic rings. The number of rotatable bonds is 5. The Bertz CT molecular complexity index is 946. The second kappa shape index (κ2) is 6.80.